The summed E-state index contributed by atoms with van der Waals surface area (Å²) < 4.78 is 1.79. The monoisotopic (exact) mass is 423 g/mol. The first-order valence-electron chi connectivity index (χ1n) is 11.1. The Morgan fingerprint density at radius 2 is 1.65 bits per heavy atom. The van der Waals surface area contributed by atoms with Crippen molar-refractivity contribution < 1.29 is 9.59 Å². The number of piperidine rings is 2. The highest BCUT2D eigenvalue weighted by Crippen LogP contribution is 2.39. The molecule has 4 unspecified atom stereocenters. The molecule has 2 N–H and O–H groups in total. The van der Waals surface area contributed by atoms with E-state index in [0.717, 1.165) is 23.3 Å². The summed E-state index contributed by atoms with van der Waals surface area (Å²) >= 11 is 0. The van der Waals surface area contributed by atoms with Gasteiger partial charge in [-0.3, -0.25) is 9.59 Å². The van der Waals surface area contributed by atoms with Crippen molar-refractivity contribution in [1.82, 2.24) is 20.2 Å². The molecule has 8 nitrogen and oxygen atoms in total. The highest BCUT2D eigenvalue weighted by Gasteiger charge is 2.47. The van der Waals surface area contributed by atoms with Crippen molar-refractivity contribution in [2.24, 2.45) is 11.8 Å². The van der Waals surface area contributed by atoms with Gasteiger partial charge >= 0.3 is 6.03 Å². The van der Waals surface area contributed by atoms with Gasteiger partial charge in [-0.15, -0.1) is 0 Å². The van der Waals surface area contributed by atoms with Crippen molar-refractivity contribution in [3.8, 4) is 0 Å². The number of nitrogens with one attached hydrogen (secondary N) is 2. The topological polar surface area (TPSA) is 96.3 Å². The van der Waals surface area contributed by atoms with Crippen LogP contribution < -0.4 is 21.1 Å². The lowest BCUT2D eigenvalue weighted by atomic mass is 9.73. The van der Waals surface area contributed by atoms with E-state index in [1.807, 2.05) is 24.3 Å². The van der Waals surface area contributed by atoms with Gasteiger partial charge in [0.2, 0.25) is 5.82 Å². The highest BCUT2D eigenvalue weighted by molar-refractivity contribution is 6.22. The number of imide groups is 1. The number of rotatable bonds is 2. The molecule has 3 aliphatic rings. The van der Waals surface area contributed by atoms with Crippen LogP contribution in [0.25, 0.3) is 11.0 Å². The molecular formula is C23H29N5O3. The quantitative estimate of drug-likeness (QED) is 0.724. The summed E-state index contributed by atoms with van der Waals surface area (Å²) in [5.41, 5.74) is -0.108. The van der Waals surface area contributed by atoms with E-state index in [4.69, 9.17) is 0 Å². The zero-order valence-electron chi connectivity index (χ0n) is 18.4. The average Bonchev–Trinajstić information content (AvgIpc) is 2.92. The molecule has 1 aromatic carbocycles. The van der Waals surface area contributed by atoms with Gasteiger partial charge in [-0.25, -0.2) is 14.7 Å². The predicted molar refractivity (Wildman–Crippen MR) is 118 cm³/mol. The fourth-order valence-corrected chi connectivity index (χ4v) is 5.60. The zero-order chi connectivity index (χ0) is 22.1. The third-order valence-electron chi connectivity index (χ3n) is 7.31. The Morgan fingerprint density at radius 1 is 1.00 bits per heavy atom. The number of hydrogen-bond donors (Lipinski definition) is 2. The van der Waals surface area contributed by atoms with Crippen LogP contribution in [0.5, 0.6) is 0 Å². The second-order valence-corrected chi connectivity index (χ2v) is 9.99. The number of fused-ring (bicyclic) bond motifs is 3. The molecule has 4 heterocycles. The first kappa shape index (κ1) is 20.2. The van der Waals surface area contributed by atoms with Crippen LogP contribution >= 0.6 is 0 Å². The number of nitrogens with zero attached hydrogens (tertiary/aromatic N) is 3. The summed E-state index contributed by atoms with van der Waals surface area (Å²) in [6.07, 6.45) is 2.86. The predicted octanol–water partition coefficient (Wildman–Crippen LogP) is 2.57. The van der Waals surface area contributed by atoms with Gasteiger partial charge in [0.25, 0.3) is 11.5 Å². The maximum Gasteiger partial charge on any atom is 0.331 e. The Kier molecular flexibility index (Phi) is 4.48. The second kappa shape index (κ2) is 6.88. The number of urea groups is 1. The van der Waals surface area contributed by atoms with Gasteiger partial charge in [-0.05, 0) is 57.1 Å². The molecule has 0 aliphatic carbocycles. The summed E-state index contributed by atoms with van der Waals surface area (Å²) in [5.74, 6) is 0.484. The Hall–Kier alpha value is -2.74. The summed E-state index contributed by atoms with van der Waals surface area (Å²) in [6, 6.07) is 7.53. The van der Waals surface area contributed by atoms with E-state index in [1.165, 1.54) is 6.42 Å². The van der Waals surface area contributed by atoms with Crippen molar-refractivity contribution >= 4 is 28.8 Å². The Labute approximate surface area is 181 Å². The van der Waals surface area contributed by atoms with Crippen LogP contribution in [-0.2, 0) is 4.79 Å². The lowest BCUT2D eigenvalue weighted by molar-refractivity contribution is -0.121. The van der Waals surface area contributed by atoms with Gasteiger partial charge < -0.3 is 15.2 Å². The smallest absolute Gasteiger partial charge is 0.323 e. The van der Waals surface area contributed by atoms with E-state index in [0.29, 0.717) is 29.4 Å². The van der Waals surface area contributed by atoms with Crippen molar-refractivity contribution in [2.45, 2.75) is 70.6 Å². The van der Waals surface area contributed by atoms with E-state index >= 15 is 0 Å². The van der Waals surface area contributed by atoms with E-state index < -0.39 is 17.5 Å². The number of hydrogen-bond acceptors (Lipinski definition) is 5. The highest BCUT2D eigenvalue weighted by atomic mass is 16.2. The molecule has 0 spiro atoms. The molecular weight excluding hydrogens is 394 g/mol. The Balaban J connectivity index is 1.67. The van der Waals surface area contributed by atoms with Crippen LogP contribution in [-0.4, -0.2) is 39.1 Å². The third kappa shape index (κ3) is 3.07. The lowest BCUT2D eigenvalue weighted by Gasteiger charge is -2.47. The van der Waals surface area contributed by atoms with Crippen LogP contribution in [0, 0.1) is 11.8 Å². The molecule has 3 aliphatic heterocycles. The average molecular weight is 424 g/mol. The molecule has 3 saturated heterocycles. The molecule has 3 fully saturated rings. The molecule has 164 valence electrons. The van der Waals surface area contributed by atoms with Crippen molar-refractivity contribution in [1.29, 1.82) is 0 Å². The number of aromatic nitrogens is 2. The van der Waals surface area contributed by atoms with Gasteiger partial charge in [0.1, 0.15) is 5.54 Å². The van der Waals surface area contributed by atoms with Gasteiger partial charge in [-0.1, -0.05) is 26.0 Å². The zero-order valence-corrected chi connectivity index (χ0v) is 18.4. The largest absolute Gasteiger partial charge is 0.331 e. The minimum absolute atomic E-state index is 0.0191. The summed E-state index contributed by atoms with van der Waals surface area (Å²) in [7, 11) is 0. The SMILES string of the molecule is CC1CC(C)C2CC(n3c(=O)c(N4C(=O)NC(C)(C)C4=O)nc4ccccc43)CC1N2. The van der Waals surface area contributed by atoms with E-state index in [-0.39, 0.29) is 17.4 Å². The van der Waals surface area contributed by atoms with Crippen molar-refractivity contribution in [2.75, 3.05) is 4.90 Å². The molecule has 1 aromatic heterocycles. The fraction of sp³-hybridized carbons (Fsp3) is 0.565. The molecule has 8 heteroatoms. The molecule has 31 heavy (non-hydrogen) atoms. The number of para-hydroxylation sites is 2. The maximum absolute atomic E-state index is 13.8. The first-order chi connectivity index (χ1) is 14.7. The van der Waals surface area contributed by atoms with Crippen LogP contribution in [0.1, 0.15) is 53.0 Å². The molecule has 4 atom stereocenters. The van der Waals surface area contributed by atoms with Gasteiger partial charge in [0.05, 0.1) is 11.0 Å². The van der Waals surface area contributed by atoms with Crippen molar-refractivity contribution in [3.05, 3.63) is 34.6 Å². The lowest BCUT2D eigenvalue weighted by Crippen LogP contribution is -2.56. The van der Waals surface area contributed by atoms with Crippen LogP contribution in [0.2, 0.25) is 0 Å². The molecule has 2 aromatic rings. The minimum Gasteiger partial charge on any atom is -0.323 e. The summed E-state index contributed by atoms with van der Waals surface area (Å²) in [6.45, 7) is 7.79. The Bertz CT molecular complexity index is 1120. The molecule has 0 saturated carbocycles. The van der Waals surface area contributed by atoms with Crippen LogP contribution in [0.4, 0.5) is 10.6 Å². The van der Waals surface area contributed by atoms with Crippen LogP contribution in [0.3, 0.4) is 0 Å². The van der Waals surface area contributed by atoms with Crippen molar-refractivity contribution in [3.63, 3.8) is 0 Å². The number of carbonyl (C=O) groups is 2. The number of amides is 3. The second-order valence-electron chi connectivity index (χ2n) is 9.99. The summed E-state index contributed by atoms with van der Waals surface area (Å²) in [5, 5.41) is 6.40. The summed E-state index contributed by atoms with van der Waals surface area (Å²) in [4.78, 5) is 44.7. The molecule has 3 amide bonds. The maximum atomic E-state index is 13.8. The van der Waals surface area contributed by atoms with Crippen LogP contribution in [0.15, 0.2) is 29.1 Å². The van der Waals surface area contributed by atoms with Gasteiger partial charge in [0.15, 0.2) is 0 Å². The fourth-order valence-electron chi connectivity index (χ4n) is 5.60. The number of anilines is 1. The van der Waals surface area contributed by atoms with E-state index in [2.05, 4.69) is 29.5 Å². The normalized spacial score (nSPS) is 32.4. The number of carbonyl (C=O) groups excluding carboxylic acids is 2. The molecule has 0 radical (unpaired) electrons. The number of benzene rings is 1. The van der Waals surface area contributed by atoms with E-state index in [9.17, 15) is 14.4 Å². The standard InChI is InChI=1S/C23H29N5O3/c1-12-9-13(2)17-11-14(10-16(12)24-17)27-18-8-6-5-7-15(18)25-19(20(27)29)28-21(30)23(3,4)26-22(28)31/h5-8,12-14,16-17,24H,9-11H2,1-4H3,(H,26,31). The van der Waals surface area contributed by atoms with Gasteiger partial charge in [-0.2, -0.15) is 0 Å². The molecule has 2 bridgehead atoms. The molecule has 5 rings (SSSR count). The Morgan fingerprint density at radius 3 is 2.26 bits per heavy atom. The first-order valence-corrected chi connectivity index (χ1v) is 11.1. The van der Waals surface area contributed by atoms with Gasteiger partial charge in [0, 0.05) is 18.1 Å². The van der Waals surface area contributed by atoms with E-state index in [1.54, 1.807) is 18.4 Å². The minimum atomic E-state index is -1.07. The third-order valence-corrected chi connectivity index (χ3v) is 7.31.